The maximum atomic E-state index is 3.36. The van der Waals surface area contributed by atoms with E-state index < -0.39 is 0 Å². The summed E-state index contributed by atoms with van der Waals surface area (Å²) in [5, 5.41) is 7.68. The molecule has 0 N–H and O–H groups in total. The van der Waals surface area contributed by atoms with Gasteiger partial charge in [-0.05, 0) is 136 Å². The number of fused-ring (bicyclic) bond motifs is 6. The minimum atomic E-state index is -0.0799. The molecule has 0 amide bonds. The zero-order chi connectivity index (χ0) is 37.5. The van der Waals surface area contributed by atoms with Crippen molar-refractivity contribution in [1.29, 1.82) is 0 Å². The predicted molar refractivity (Wildman–Crippen MR) is 240 cm³/mol. The van der Waals surface area contributed by atoms with Gasteiger partial charge < -0.3 is 0 Å². The van der Waals surface area contributed by atoms with Gasteiger partial charge in [0.25, 0.3) is 0 Å². The van der Waals surface area contributed by atoms with E-state index in [2.05, 4.69) is 197 Å². The van der Waals surface area contributed by atoms with Crippen LogP contribution in [-0.2, 0) is 5.41 Å². The molecule has 8 aromatic carbocycles. The molecular formula is C55H44. The van der Waals surface area contributed by atoms with Gasteiger partial charge in [0.1, 0.15) is 0 Å². The molecule has 2 aliphatic carbocycles. The predicted octanol–water partition coefficient (Wildman–Crippen LogP) is 15.5. The standard InChI is InChI=1S/C51H38.C4H6/c1-51(2)47-20-12-11-19-41(47)42-26-25-40(32-48(42)51)50-44-28-24-37(33-13-5-3-6-14-33)30-45(44)49(39-22-21-35-17-9-10-18-36(35)29-39)43-27-23-38(31-46(43)50)34-15-7-4-8-16-34;1-3-4-2/h3-7,9-15,17-32H,8,16H2,1-2H3;3-4H,1-2H2. The molecule has 0 fully saturated rings. The van der Waals surface area contributed by atoms with E-state index in [1.807, 2.05) is 0 Å². The van der Waals surface area contributed by atoms with Gasteiger partial charge in [0.15, 0.2) is 0 Å². The highest BCUT2D eigenvalue weighted by atomic mass is 14.4. The van der Waals surface area contributed by atoms with E-state index in [9.17, 15) is 0 Å². The lowest BCUT2D eigenvalue weighted by atomic mass is 9.80. The summed E-state index contributed by atoms with van der Waals surface area (Å²) in [6, 6.07) is 57.1. The fourth-order valence-electron chi connectivity index (χ4n) is 8.91. The third-order valence-corrected chi connectivity index (χ3v) is 11.7. The van der Waals surface area contributed by atoms with Crippen LogP contribution in [0.1, 0.15) is 43.4 Å². The average Bonchev–Trinajstić information content (AvgIpc) is 3.48. The van der Waals surface area contributed by atoms with Crippen LogP contribution in [0.15, 0.2) is 195 Å². The quantitative estimate of drug-likeness (QED) is 0.124. The molecule has 264 valence electrons. The summed E-state index contributed by atoms with van der Waals surface area (Å²) in [7, 11) is 0. The summed E-state index contributed by atoms with van der Waals surface area (Å²) in [5.74, 6) is 0. The van der Waals surface area contributed by atoms with E-state index in [0.717, 1.165) is 12.8 Å². The van der Waals surface area contributed by atoms with Crippen LogP contribution in [0, 0.1) is 0 Å². The van der Waals surface area contributed by atoms with Crippen LogP contribution < -0.4 is 0 Å². The molecule has 0 heterocycles. The van der Waals surface area contributed by atoms with Gasteiger partial charge in [0, 0.05) is 5.41 Å². The van der Waals surface area contributed by atoms with E-state index in [1.54, 1.807) is 12.2 Å². The summed E-state index contributed by atoms with van der Waals surface area (Å²) in [5.41, 5.74) is 15.8. The molecule has 0 nitrogen and oxygen atoms in total. The topological polar surface area (TPSA) is 0 Å². The number of rotatable bonds is 5. The number of allylic oxidation sites excluding steroid dienone is 6. The maximum absolute atomic E-state index is 3.36. The SMILES string of the molecule is C=CC=C.CC1(C)c2ccccc2-c2ccc(-c3c4ccc(-c5ccccc5)cc4c(-c4ccc5ccccc5c4)c4ccc(C5=CC=CCC5)cc34)cc21. The molecule has 0 unspecified atom stereocenters. The normalized spacial score (nSPS) is 13.8. The molecule has 0 aliphatic heterocycles. The number of hydrogen-bond acceptors (Lipinski definition) is 0. The molecule has 0 heteroatoms. The van der Waals surface area contributed by atoms with Crippen molar-refractivity contribution in [2.45, 2.75) is 32.1 Å². The fraction of sp³-hybridized carbons (Fsp3) is 0.0909. The fourth-order valence-corrected chi connectivity index (χ4v) is 8.91. The molecular weight excluding hydrogens is 661 g/mol. The second-order valence-electron chi connectivity index (χ2n) is 15.3. The van der Waals surface area contributed by atoms with Crippen LogP contribution >= 0.6 is 0 Å². The van der Waals surface area contributed by atoms with Crippen LogP contribution in [0.25, 0.3) is 82.4 Å². The van der Waals surface area contributed by atoms with Crippen molar-refractivity contribution in [2.24, 2.45) is 0 Å². The molecule has 10 rings (SSSR count). The van der Waals surface area contributed by atoms with E-state index in [4.69, 9.17) is 0 Å². The number of benzene rings is 8. The highest BCUT2D eigenvalue weighted by molar-refractivity contribution is 6.22. The highest BCUT2D eigenvalue weighted by Gasteiger charge is 2.35. The van der Waals surface area contributed by atoms with Crippen molar-refractivity contribution in [2.75, 3.05) is 0 Å². The summed E-state index contributed by atoms with van der Waals surface area (Å²) >= 11 is 0. The van der Waals surface area contributed by atoms with Gasteiger partial charge in [0.05, 0.1) is 0 Å². The second-order valence-corrected chi connectivity index (χ2v) is 15.3. The lowest BCUT2D eigenvalue weighted by Gasteiger charge is -2.23. The molecule has 0 aromatic heterocycles. The molecule has 0 atom stereocenters. The third-order valence-electron chi connectivity index (χ3n) is 11.7. The first kappa shape index (κ1) is 34.3. The Morgan fingerprint density at radius 3 is 1.80 bits per heavy atom. The van der Waals surface area contributed by atoms with Gasteiger partial charge in [-0.3, -0.25) is 0 Å². The third kappa shape index (κ3) is 5.96. The molecule has 0 saturated carbocycles. The monoisotopic (exact) mass is 704 g/mol. The smallest absolute Gasteiger partial charge is 0.0159 e. The van der Waals surface area contributed by atoms with Crippen LogP contribution in [-0.4, -0.2) is 0 Å². The first-order chi connectivity index (χ1) is 27.0. The Morgan fingerprint density at radius 1 is 0.473 bits per heavy atom. The van der Waals surface area contributed by atoms with E-state index in [-0.39, 0.29) is 5.41 Å². The Bertz CT molecular complexity index is 2850. The van der Waals surface area contributed by atoms with Crippen molar-refractivity contribution in [3.8, 4) is 44.5 Å². The molecule has 8 aromatic rings. The summed E-state index contributed by atoms with van der Waals surface area (Å²) in [6.07, 6.45) is 12.2. The minimum Gasteiger partial charge on any atom is -0.0991 e. The summed E-state index contributed by atoms with van der Waals surface area (Å²) in [6.45, 7) is 11.5. The van der Waals surface area contributed by atoms with E-state index in [0.29, 0.717) is 0 Å². The van der Waals surface area contributed by atoms with Crippen molar-refractivity contribution in [3.05, 3.63) is 212 Å². The molecule has 0 spiro atoms. The van der Waals surface area contributed by atoms with Gasteiger partial charge >= 0.3 is 0 Å². The largest absolute Gasteiger partial charge is 0.0991 e. The van der Waals surface area contributed by atoms with Gasteiger partial charge in [0.2, 0.25) is 0 Å². The van der Waals surface area contributed by atoms with Crippen LogP contribution in [0.2, 0.25) is 0 Å². The highest BCUT2D eigenvalue weighted by Crippen LogP contribution is 2.52. The molecule has 0 radical (unpaired) electrons. The van der Waals surface area contributed by atoms with Crippen molar-refractivity contribution >= 4 is 37.9 Å². The summed E-state index contributed by atoms with van der Waals surface area (Å²) < 4.78 is 0. The molecule has 55 heavy (non-hydrogen) atoms. The van der Waals surface area contributed by atoms with Gasteiger partial charge in [-0.25, -0.2) is 0 Å². The Labute approximate surface area is 325 Å². The van der Waals surface area contributed by atoms with E-state index >= 15 is 0 Å². The molecule has 0 bridgehead atoms. The van der Waals surface area contributed by atoms with Crippen LogP contribution in [0.4, 0.5) is 0 Å². The van der Waals surface area contributed by atoms with Gasteiger partial charge in [-0.15, -0.1) is 0 Å². The van der Waals surface area contributed by atoms with Gasteiger partial charge in [-0.1, -0.05) is 185 Å². The molecule has 0 saturated heterocycles. The van der Waals surface area contributed by atoms with E-state index in [1.165, 1.54) is 99.1 Å². The van der Waals surface area contributed by atoms with Crippen molar-refractivity contribution in [3.63, 3.8) is 0 Å². The lowest BCUT2D eigenvalue weighted by Crippen LogP contribution is -2.14. The Morgan fingerprint density at radius 2 is 1.07 bits per heavy atom. The average molecular weight is 705 g/mol. The Hall–Kier alpha value is -6.50. The van der Waals surface area contributed by atoms with Crippen molar-refractivity contribution in [1.82, 2.24) is 0 Å². The first-order valence-electron chi connectivity index (χ1n) is 19.4. The van der Waals surface area contributed by atoms with Crippen LogP contribution in [0.3, 0.4) is 0 Å². The Balaban J connectivity index is 0.000000949. The molecule has 2 aliphatic rings. The zero-order valence-electron chi connectivity index (χ0n) is 31.6. The second kappa shape index (κ2) is 14.0. The first-order valence-corrected chi connectivity index (χ1v) is 19.4. The number of hydrogen-bond donors (Lipinski definition) is 0. The minimum absolute atomic E-state index is 0.0799. The lowest BCUT2D eigenvalue weighted by molar-refractivity contribution is 0.660. The zero-order valence-corrected chi connectivity index (χ0v) is 31.6. The maximum Gasteiger partial charge on any atom is 0.0159 e. The van der Waals surface area contributed by atoms with Crippen molar-refractivity contribution < 1.29 is 0 Å². The van der Waals surface area contributed by atoms with Crippen LogP contribution in [0.5, 0.6) is 0 Å². The van der Waals surface area contributed by atoms with Gasteiger partial charge in [-0.2, -0.15) is 0 Å². The Kier molecular flexibility index (Phi) is 8.76. The summed E-state index contributed by atoms with van der Waals surface area (Å²) in [4.78, 5) is 0.